The average molecular weight is 162 g/mol. The molecule has 1 fully saturated rings. The molecule has 66 valence electrons. The zero-order valence-corrected chi connectivity index (χ0v) is 7.71. The Morgan fingerprint density at radius 1 is 0.667 bits per heavy atom. The maximum absolute atomic E-state index is 2.41. The van der Waals surface area contributed by atoms with Crippen molar-refractivity contribution in [3.8, 4) is 0 Å². The summed E-state index contributed by atoms with van der Waals surface area (Å²) in [6.45, 7) is 0. The van der Waals surface area contributed by atoms with Crippen LogP contribution >= 0.6 is 0 Å². The van der Waals surface area contributed by atoms with Crippen LogP contribution in [0.15, 0.2) is 24.3 Å². The summed E-state index contributed by atoms with van der Waals surface area (Å²) in [6, 6.07) is 0. The van der Waals surface area contributed by atoms with Crippen molar-refractivity contribution in [2.75, 3.05) is 0 Å². The van der Waals surface area contributed by atoms with Gasteiger partial charge in [-0.15, -0.1) is 0 Å². The van der Waals surface area contributed by atoms with Crippen LogP contribution < -0.4 is 0 Å². The van der Waals surface area contributed by atoms with Gasteiger partial charge in [-0.25, -0.2) is 0 Å². The van der Waals surface area contributed by atoms with E-state index >= 15 is 0 Å². The van der Waals surface area contributed by atoms with E-state index < -0.39 is 0 Å². The second-order valence-electron chi connectivity index (χ2n) is 4.09. The highest BCUT2D eigenvalue weighted by Gasteiger charge is 2.19. The summed E-state index contributed by atoms with van der Waals surface area (Å²) in [4.78, 5) is 0. The lowest BCUT2D eigenvalue weighted by molar-refractivity contribution is 0.358. The molecule has 0 saturated heterocycles. The van der Waals surface area contributed by atoms with Crippen molar-refractivity contribution < 1.29 is 0 Å². The Hall–Kier alpha value is -0.520. The number of hydrogen-bond acceptors (Lipinski definition) is 0. The Morgan fingerprint density at radius 3 is 1.67 bits per heavy atom. The van der Waals surface area contributed by atoms with Gasteiger partial charge in [0.2, 0.25) is 0 Å². The van der Waals surface area contributed by atoms with Gasteiger partial charge in [0.05, 0.1) is 0 Å². The summed E-state index contributed by atoms with van der Waals surface area (Å²) < 4.78 is 0. The number of allylic oxidation sites excluding steroid dienone is 4. The Kier molecular flexibility index (Phi) is 2.65. The highest BCUT2D eigenvalue weighted by molar-refractivity contribution is 5.14. The molecule has 2 aliphatic rings. The minimum atomic E-state index is 0.871. The molecule has 0 radical (unpaired) electrons. The van der Waals surface area contributed by atoms with E-state index in [2.05, 4.69) is 24.3 Å². The van der Waals surface area contributed by atoms with E-state index in [1.54, 1.807) is 0 Å². The van der Waals surface area contributed by atoms with Crippen molar-refractivity contribution >= 4 is 0 Å². The smallest absolute Gasteiger partial charge is 0.0167 e. The van der Waals surface area contributed by atoms with Crippen molar-refractivity contribution in [3.05, 3.63) is 24.3 Å². The summed E-state index contributed by atoms with van der Waals surface area (Å²) >= 11 is 0. The van der Waals surface area contributed by atoms with Gasteiger partial charge >= 0.3 is 0 Å². The third kappa shape index (κ3) is 1.80. The van der Waals surface area contributed by atoms with Crippen LogP contribution in [0.5, 0.6) is 0 Å². The first-order valence-corrected chi connectivity index (χ1v) is 5.32. The van der Waals surface area contributed by atoms with Crippen LogP contribution in [-0.4, -0.2) is 0 Å². The van der Waals surface area contributed by atoms with E-state index in [9.17, 15) is 0 Å². The van der Waals surface area contributed by atoms with Gasteiger partial charge in [-0.3, -0.25) is 0 Å². The SMILES string of the molecule is C1=CC2CCCCCCC2C=C1. The maximum Gasteiger partial charge on any atom is -0.0167 e. The van der Waals surface area contributed by atoms with Crippen molar-refractivity contribution in [2.24, 2.45) is 11.8 Å². The van der Waals surface area contributed by atoms with Gasteiger partial charge in [0.25, 0.3) is 0 Å². The van der Waals surface area contributed by atoms with Crippen LogP contribution in [0.2, 0.25) is 0 Å². The van der Waals surface area contributed by atoms with E-state index in [-0.39, 0.29) is 0 Å². The molecule has 0 amide bonds. The topological polar surface area (TPSA) is 0 Å². The quantitative estimate of drug-likeness (QED) is 0.509. The van der Waals surface area contributed by atoms with E-state index in [1.165, 1.54) is 38.5 Å². The second kappa shape index (κ2) is 3.93. The zero-order chi connectivity index (χ0) is 8.23. The van der Waals surface area contributed by atoms with Gasteiger partial charge < -0.3 is 0 Å². The Balaban J connectivity index is 2.00. The Bertz CT molecular complexity index is 166. The molecule has 0 aromatic carbocycles. The number of hydrogen-bond donors (Lipinski definition) is 0. The second-order valence-corrected chi connectivity index (χ2v) is 4.09. The van der Waals surface area contributed by atoms with Crippen molar-refractivity contribution in [1.29, 1.82) is 0 Å². The molecular weight excluding hydrogens is 144 g/mol. The molecule has 0 bridgehead atoms. The van der Waals surface area contributed by atoms with Gasteiger partial charge in [0.1, 0.15) is 0 Å². The summed E-state index contributed by atoms with van der Waals surface area (Å²) in [6.07, 6.45) is 17.9. The van der Waals surface area contributed by atoms with Gasteiger partial charge in [0.15, 0.2) is 0 Å². The summed E-state index contributed by atoms with van der Waals surface area (Å²) in [5.74, 6) is 1.74. The van der Waals surface area contributed by atoms with Gasteiger partial charge in [-0.1, -0.05) is 50.0 Å². The molecule has 2 rings (SSSR count). The predicted octanol–water partition coefficient (Wildman–Crippen LogP) is 3.70. The molecule has 1 saturated carbocycles. The third-order valence-electron chi connectivity index (χ3n) is 3.20. The fourth-order valence-electron chi connectivity index (χ4n) is 2.43. The highest BCUT2D eigenvalue weighted by Crippen LogP contribution is 2.31. The molecule has 0 aliphatic heterocycles. The van der Waals surface area contributed by atoms with Gasteiger partial charge in [-0.05, 0) is 24.7 Å². The van der Waals surface area contributed by atoms with E-state index in [0.29, 0.717) is 0 Å². The molecule has 0 heterocycles. The molecule has 2 unspecified atom stereocenters. The van der Waals surface area contributed by atoms with Gasteiger partial charge in [0, 0.05) is 0 Å². The van der Waals surface area contributed by atoms with Crippen LogP contribution in [0.1, 0.15) is 38.5 Å². The molecular formula is C12H18. The summed E-state index contributed by atoms with van der Waals surface area (Å²) in [5.41, 5.74) is 0. The lowest BCUT2D eigenvalue weighted by Crippen LogP contribution is -2.14. The summed E-state index contributed by atoms with van der Waals surface area (Å²) in [5, 5.41) is 0. The maximum atomic E-state index is 2.41. The molecule has 2 aliphatic carbocycles. The molecule has 0 N–H and O–H groups in total. The van der Waals surface area contributed by atoms with Crippen LogP contribution in [0.3, 0.4) is 0 Å². The van der Waals surface area contributed by atoms with Crippen molar-refractivity contribution in [3.63, 3.8) is 0 Å². The van der Waals surface area contributed by atoms with Crippen molar-refractivity contribution in [1.82, 2.24) is 0 Å². The van der Waals surface area contributed by atoms with E-state index in [1.807, 2.05) is 0 Å². The lowest BCUT2D eigenvalue weighted by atomic mass is 9.79. The lowest BCUT2D eigenvalue weighted by Gasteiger charge is -2.26. The molecule has 0 nitrogen and oxygen atoms in total. The third-order valence-corrected chi connectivity index (χ3v) is 3.20. The molecule has 0 aromatic heterocycles. The fourth-order valence-corrected chi connectivity index (χ4v) is 2.43. The van der Waals surface area contributed by atoms with E-state index in [4.69, 9.17) is 0 Å². The van der Waals surface area contributed by atoms with Crippen molar-refractivity contribution in [2.45, 2.75) is 38.5 Å². The first-order chi connectivity index (χ1) is 5.97. The summed E-state index contributed by atoms with van der Waals surface area (Å²) in [7, 11) is 0. The minimum absolute atomic E-state index is 0.871. The predicted molar refractivity (Wildman–Crippen MR) is 53.0 cm³/mol. The van der Waals surface area contributed by atoms with Crippen LogP contribution in [0.4, 0.5) is 0 Å². The first-order valence-electron chi connectivity index (χ1n) is 5.32. The average Bonchev–Trinajstić information content (AvgIpc) is 2.06. The zero-order valence-electron chi connectivity index (χ0n) is 7.71. The normalized spacial score (nSPS) is 35.3. The molecule has 0 aromatic rings. The van der Waals surface area contributed by atoms with Gasteiger partial charge in [-0.2, -0.15) is 0 Å². The van der Waals surface area contributed by atoms with Crippen LogP contribution in [0.25, 0.3) is 0 Å². The molecule has 0 heteroatoms. The number of fused-ring (bicyclic) bond motifs is 1. The monoisotopic (exact) mass is 162 g/mol. The van der Waals surface area contributed by atoms with Crippen LogP contribution in [0, 0.1) is 11.8 Å². The standard InChI is InChI=1S/C12H18/c1-2-4-8-12-10-6-5-9-11(12)7-3-1/h5-6,9-12H,1-4,7-8H2. The molecule has 2 atom stereocenters. The first kappa shape index (κ1) is 8.10. The molecule has 0 spiro atoms. The van der Waals surface area contributed by atoms with Crippen LogP contribution in [-0.2, 0) is 0 Å². The molecule has 12 heavy (non-hydrogen) atoms. The largest absolute Gasteiger partial charge is 0.0808 e. The Morgan fingerprint density at radius 2 is 1.17 bits per heavy atom. The number of rotatable bonds is 0. The highest BCUT2D eigenvalue weighted by atomic mass is 14.2. The fraction of sp³-hybridized carbons (Fsp3) is 0.667. The minimum Gasteiger partial charge on any atom is -0.0808 e. The van der Waals surface area contributed by atoms with E-state index in [0.717, 1.165) is 11.8 Å². The Labute approximate surface area is 75.4 Å².